The van der Waals surface area contributed by atoms with E-state index in [4.69, 9.17) is 11.6 Å². The number of para-hydroxylation sites is 1. The molecule has 0 saturated heterocycles. The van der Waals surface area contributed by atoms with E-state index in [2.05, 4.69) is 10.3 Å². The van der Waals surface area contributed by atoms with Crippen molar-refractivity contribution >= 4 is 34.1 Å². The maximum Gasteiger partial charge on any atom is 0.261 e. The van der Waals surface area contributed by atoms with Crippen molar-refractivity contribution < 1.29 is 4.79 Å². The van der Waals surface area contributed by atoms with Gasteiger partial charge < -0.3 is 5.32 Å². The van der Waals surface area contributed by atoms with Gasteiger partial charge in [0.05, 0.1) is 17.2 Å². The summed E-state index contributed by atoms with van der Waals surface area (Å²) >= 11 is 5.95. The third-order valence-electron chi connectivity index (χ3n) is 4.65. The highest BCUT2D eigenvalue weighted by Gasteiger charge is 2.10. The number of rotatable bonds is 5. The molecule has 4 rings (SSSR count). The van der Waals surface area contributed by atoms with Gasteiger partial charge in [-0.25, -0.2) is 4.98 Å². The Kier molecular flexibility index (Phi) is 5.40. The minimum absolute atomic E-state index is 0.157. The molecule has 5 nitrogen and oxygen atoms in total. The van der Waals surface area contributed by atoms with Gasteiger partial charge in [-0.05, 0) is 29.8 Å². The molecule has 0 bridgehead atoms. The van der Waals surface area contributed by atoms with E-state index in [0.29, 0.717) is 15.9 Å². The molecule has 0 saturated carbocycles. The number of benzene rings is 3. The number of nitrogens with one attached hydrogen (secondary N) is 1. The molecule has 1 amide bonds. The summed E-state index contributed by atoms with van der Waals surface area (Å²) in [7, 11) is 0. The Morgan fingerprint density at radius 2 is 1.76 bits per heavy atom. The van der Waals surface area contributed by atoms with Gasteiger partial charge in [0, 0.05) is 29.2 Å². The number of hydrogen-bond donors (Lipinski definition) is 1. The number of nitrogens with zero attached hydrogens (tertiary/aromatic N) is 2. The predicted octanol–water partition coefficient (Wildman–Crippen LogP) is 4.75. The molecule has 0 fully saturated rings. The van der Waals surface area contributed by atoms with Gasteiger partial charge in [0.25, 0.3) is 5.56 Å². The smallest absolute Gasteiger partial charge is 0.261 e. The molecule has 3 aromatic carbocycles. The number of amides is 1. The van der Waals surface area contributed by atoms with Crippen molar-refractivity contribution in [2.45, 2.75) is 13.0 Å². The topological polar surface area (TPSA) is 64.0 Å². The Balaban J connectivity index is 1.49. The van der Waals surface area contributed by atoms with Crippen molar-refractivity contribution in [1.29, 1.82) is 0 Å². The SMILES string of the molecule is O=C(CCn1cnc2cc(Cl)ccc2c1=O)Nc1ccccc1-c1ccccc1. The van der Waals surface area contributed by atoms with Crippen molar-refractivity contribution in [1.82, 2.24) is 9.55 Å². The number of aromatic nitrogens is 2. The minimum atomic E-state index is -0.191. The summed E-state index contributed by atoms with van der Waals surface area (Å²) in [6, 6.07) is 22.5. The lowest BCUT2D eigenvalue weighted by Crippen LogP contribution is -2.23. The van der Waals surface area contributed by atoms with Gasteiger partial charge in [0.2, 0.25) is 5.91 Å². The van der Waals surface area contributed by atoms with E-state index in [9.17, 15) is 9.59 Å². The molecule has 0 aliphatic carbocycles. The lowest BCUT2D eigenvalue weighted by atomic mass is 10.0. The Morgan fingerprint density at radius 3 is 2.59 bits per heavy atom. The lowest BCUT2D eigenvalue weighted by molar-refractivity contribution is -0.116. The monoisotopic (exact) mass is 403 g/mol. The van der Waals surface area contributed by atoms with Gasteiger partial charge >= 0.3 is 0 Å². The van der Waals surface area contributed by atoms with E-state index < -0.39 is 0 Å². The molecule has 0 spiro atoms. The lowest BCUT2D eigenvalue weighted by Gasteiger charge is -2.12. The maximum absolute atomic E-state index is 12.6. The first kappa shape index (κ1) is 18.9. The predicted molar refractivity (Wildman–Crippen MR) is 116 cm³/mol. The van der Waals surface area contributed by atoms with Gasteiger partial charge in [-0.3, -0.25) is 14.2 Å². The van der Waals surface area contributed by atoms with E-state index in [0.717, 1.165) is 16.8 Å². The first-order chi connectivity index (χ1) is 14.1. The van der Waals surface area contributed by atoms with Gasteiger partial charge in [-0.1, -0.05) is 60.1 Å². The molecule has 0 aliphatic heterocycles. The second-order valence-corrected chi connectivity index (χ2v) is 7.05. The zero-order chi connectivity index (χ0) is 20.2. The van der Waals surface area contributed by atoms with E-state index in [1.165, 1.54) is 10.9 Å². The zero-order valence-corrected chi connectivity index (χ0v) is 16.3. The summed E-state index contributed by atoms with van der Waals surface area (Å²) < 4.78 is 1.44. The Morgan fingerprint density at radius 1 is 1.00 bits per heavy atom. The summed E-state index contributed by atoms with van der Waals surface area (Å²) in [5, 5.41) is 3.96. The van der Waals surface area contributed by atoms with Crippen LogP contribution in [-0.4, -0.2) is 15.5 Å². The minimum Gasteiger partial charge on any atom is -0.325 e. The van der Waals surface area contributed by atoms with Gasteiger partial charge in [0.15, 0.2) is 0 Å². The van der Waals surface area contributed by atoms with E-state index >= 15 is 0 Å². The van der Waals surface area contributed by atoms with E-state index in [-0.39, 0.29) is 24.4 Å². The van der Waals surface area contributed by atoms with Crippen molar-refractivity contribution in [2.24, 2.45) is 0 Å². The summed E-state index contributed by atoms with van der Waals surface area (Å²) in [5.41, 5.74) is 3.06. The van der Waals surface area contributed by atoms with Gasteiger partial charge in [0.1, 0.15) is 0 Å². The summed E-state index contributed by atoms with van der Waals surface area (Å²) in [5.74, 6) is -0.170. The molecule has 1 heterocycles. The van der Waals surface area contributed by atoms with Crippen LogP contribution in [0, 0.1) is 0 Å². The molecular formula is C23H18ClN3O2. The highest BCUT2D eigenvalue weighted by atomic mass is 35.5. The molecule has 1 N–H and O–H groups in total. The average Bonchev–Trinajstić information content (AvgIpc) is 2.74. The fourth-order valence-corrected chi connectivity index (χ4v) is 3.35. The summed E-state index contributed by atoms with van der Waals surface area (Å²) in [4.78, 5) is 29.4. The van der Waals surface area contributed by atoms with Crippen molar-refractivity contribution in [3.8, 4) is 11.1 Å². The van der Waals surface area contributed by atoms with Crippen LogP contribution in [0.1, 0.15) is 6.42 Å². The van der Waals surface area contributed by atoms with Crippen molar-refractivity contribution in [3.63, 3.8) is 0 Å². The number of halogens is 1. The zero-order valence-electron chi connectivity index (χ0n) is 15.5. The van der Waals surface area contributed by atoms with Crippen LogP contribution in [0.2, 0.25) is 5.02 Å². The first-order valence-corrected chi connectivity index (χ1v) is 9.58. The molecule has 29 heavy (non-hydrogen) atoms. The molecule has 0 aliphatic rings. The fourth-order valence-electron chi connectivity index (χ4n) is 3.19. The summed E-state index contributed by atoms with van der Waals surface area (Å²) in [6.07, 6.45) is 1.61. The number of carbonyl (C=O) groups is 1. The van der Waals surface area contributed by atoms with Crippen molar-refractivity contribution in [3.05, 3.63) is 94.5 Å². The van der Waals surface area contributed by atoms with E-state index in [1.54, 1.807) is 18.2 Å². The molecule has 6 heteroatoms. The maximum atomic E-state index is 12.6. The Bertz CT molecular complexity index is 1240. The average molecular weight is 404 g/mol. The fraction of sp³-hybridized carbons (Fsp3) is 0.0870. The molecule has 144 valence electrons. The van der Waals surface area contributed by atoms with Gasteiger partial charge in [-0.15, -0.1) is 0 Å². The van der Waals surface area contributed by atoms with Crippen LogP contribution in [0.3, 0.4) is 0 Å². The number of anilines is 1. The van der Waals surface area contributed by atoms with Crippen LogP contribution in [-0.2, 0) is 11.3 Å². The second-order valence-electron chi connectivity index (χ2n) is 6.61. The highest BCUT2D eigenvalue weighted by molar-refractivity contribution is 6.31. The van der Waals surface area contributed by atoms with Crippen LogP contribution in [0.4, 0.5) is 5.69 Å². The number of aryl methyl sites for hydroxylation is 1. The van der Waals surface area contributed by atoms with Crippen LogP contribution in [0.5, 0.6) is 0 Å². The van der Waals surface area contributed by atoms with Crippen molar-refractivity contribution in [2.75, 3.05) is 5.32 Å². The third kappa shape index (κ3) is 4.20. The third-order valence-corrected chi connectivity index (χ3v) is 4.89. The van der Waals surface area contributed by atoms with Crippen LogP contribution < -0.4 is 10.9 Å². The quantitative estimate of drug-likeness (QED) is 0.523. The largest absolute Gasteiger partial charge is 0.325 e. The molecular weight excluding hydrogens is 386 g/mol. The first-order valence-electron chi connectivity index (χ1n) is 9.21. The van der Waals surface area contributed by atoms with E-state index in [1.807, 2.05) is 54.6 Å². The Hall–Kier alpha value is -3.44. The Labute approximate surface area is 172 Å². The second kappa shape index (κ2) is 8.29. The number of carbonyl (C=O) groups excluding carboxylic acids is 1. The standard InChI is InChI=1S/C23H18ClN3O2/c24-17-10-11-19-21(14-17)25-15-27(23(19)29)13-12-22(28)26-20-9-5-4-8-18(20)16-6-2-1-3-7-16/h1-11,14-15H,12-13H2,(H,26,28). The molecule has 0 radical (unpaired) electrons. The van der Waals surface area contributed by atoms with Gasteiger partial charge in [-0.2, -0.15) is 0 Å². The number of hydrogen-bond acceptors (Lipinski definition) is 3. The molecule has 0 atom stereocenters. The molecule has 1 aromatic heterocycles. The van der Waals surface area contributed by atoms with Crippen LogP contribution >= 0.6 is 11.6 Å². The van der Waals surface area contributed by atoms with Crippen LogP contribution in [0.15, 0.2) is 83.9 Å². The highest BCUT2D eigenvalue weighted by Crippen LogP contribution is 2.27. The number of fused-ring (bicyclic) bond motifs is 1. The van der Waals surface area contributed by atoms with Crippen LogP contribution in [0.25, 0.3) is 22.0 Å². The molecule has 0 unspecified atom stereocenters. The molecule has 4 aromatic rings. The summed E-state index contributed by atoms with van der Waals surface area (Å²) in [6.45, 7) is 0.240. The normalized spacial score (nSPS) is 10.8.